The van der Waals surface area contributed by atoms with Crippen LogP contribution in [0.15, 0.2) is 30.3 Å². The van der Waals surface area contributed by atoms with Gasteiger partial charge in [-0.25, -0.2) is 0 Å². The third-order valence-corrected chi connectivity index (χ3v) is 4.23. The van der Waals surface area contributed by atoms with E-state index in [0.717, 1.165) is 21.9 Å². The highest BCUT2D eigenvalue weighted by atomic mass is 16.2. The Morgan fingerprint density at radius 1 is 1.08 bits per heavy atom. The van der Waals surface area contributed by atoms with Crippen molar-refractivity contribution >= 4 is 23.4 Å². The summed E-state index contributed by atoms with van der Waals surface area (Å²) in [6.07, 6.45) is 0.0399. The summed E-state index contributed by atoms with van der Waals surface area (Å²) in [7, 11) is 0. The second-order valence-corrected chi connectivity index (χ2v) is 6.15. The first-order valence-corrected chi connectivity index (χ1v) is 8.08. The van der Waals surface area contributed by atoms with Gasteiger partial charge in [0.05, 0.1) is 22.5 Å². The van der Waals surface area contributed by atoms with Gasteiger partial charge in [0.2, 0.25) is 5.91 Å². The average molecular weight is 337 g/mol. The maximum atomic E-state index is 12.3. The molecule has 0 aliphatic carbocycles. The van der Waals surface area contributed by atoms with E-state index in [9.17, 15) is 14.4 Å². The minimum Gasteiger partial charge on any atom is -0.324 e. The molecule has 1 N–H and O–H groups in total. The number of hydrogen-bond donors (Lipinski definition) is 1. The number of nitrogens with one attached hydrogen (secondary N) is 1. The molecule has 1 aliphatic heterocycles. The molecule has 0 spiro atoms. The fraction of sp³-hybridized carbons (Fsp3) is 0.263. The van der Waals surface area contributed by atoms with Crippen molar-refractivity contribution in [3.63, 3.8) is 0 Å². The van der Waals surface area contributed by atoms with Crippen LogP contribution in [-0.4, -0.2) is 34.2 Å². The van der Waals surface area contributed by atoms with E-state index < -0.39 is 0 Å². The van der Waals surface area contributed by atoms with Crippen LogP contribution in [-0.2, 0) is 4.79 Å². The number of rotatable bonds is 4. The molecule has 1 aromatic heterocycles. The molecule has 3 rings (SSSR count). The van der Waals surface area contributed by atoms with Crippen molar-refractivity contribution in [1.82, 2.24) is 9.88 Å². The summed E-state index contributed by atoms with van der Waals surface area (Å²) in [6, 6.07) is 8.58. The molecule has 0 atom stereocenters. The smallest absolute Gasteiger partial charge is 0.261 e. The van der Waals surface area contributed by atoms with Gasteiger partial charge in [0.25, 0.3) is 11.8 Å². The Balaban J connectivity index is 1.66. The van der Waals surface area contributed by atoms with Crippen molar-refractivity contribution in [3.8, 4) is 0 Å². The Bertz CT molecular complexity index is 831. The molecule has 0 saturated carbocycles. The van der Waals surface area contributed by atoms with Crippen LogP contribution in [0.25, 0.3) is 0 Å². The number of anilines is 1. The zero-order valence-corrected chi connectivity index (χ0v) is 14.4. The molecule has 3 amide bonds. The first-order valence-electron chi connectivity index (χ1n) is 8.08. The molecular weight excluding hydrogens is 318 g/mol. The van der Waals surface area contributed by atoms with Gasteiger partial charge in [-0.05, 0) is 44.5 Å². The molecular formula is C19H19N3O3. The average Bonchev–Trinajstić information content (AvgIpc) is 2.81. The van der Waals surface area contributed by atoms with E-state index in [2.05, 4.69) is 10.3 Å². The third kappa shape index (κ3) is 3.15. The van der Waals surface area contributed by atoms with Crippen molar-refractivity contribution in [3.05, 3.63) is 58.4 Å². The number of fused-ring (bicyclic) bond motifs is 1. The Morgan fingerprint density at radius 2 is 1.68 bits per heavy atom. The van der Waals surface area contributed by atoms with Crippen LogP contribution in [0.3, 0.4) is 0 Å². The lowest BCUT2D eigenvalue weighted by Crippen LogP contribution is -2.33. The van der Waals surface area contributed by atoms with Crippen LogP contribution in [0.2, 0.25) is 0 Å². The minimum atomic E-state index is -0.349. The number of amides is 3. The number of pyridine rings is 1. The number of imide groups is 1. The maximum absolute atomic E-state index is 12.3. The van der Waals surface area contributed by atoms with Crippen molar-refractivity contribution in [2.45, 2.75) is 27.2 Å². The van der Waals surface area contributed by atoms with Gasteiger partial charge in [-0.1, -0.05) is 12.1 Å². The van der Waals surface area contributed by atoms with Gasteiger partial charge < -0.3 is 5.32 Å². The van der Waals surface area contributed by atoms with Gasteiger partial charge in [-0.15, -0.1) is 0 Å². The zero-order valence-electron chi connectivity index (χ0n) is 14.4. The number of aryl methyl sites for hydroxylation is 3. The number of aromatic nitrogens is 1. The topological polar surface area (TPSA) is 79.4 Å². The van der Waals surface area contributed by atoms with E-state index in [0.29, 0.717) is 16.8 Å². The Labute approximate surface area is 145 Å². The highest BCUT2D eigenvalue weighted by Crippen LogP contribution is 2.23. The molecule has 6 heteroatoms. The highest BCUT2D eigenvalue weighted by molar-refractivity contribution is 6.21. The summed E-state index contributed by atoms with van der Waals surface area (Å²) in [4.78, 5) is 42.3. The van der Waals surface area contributed by atoms with Crippen molar-refractivity contribution in [2.24, 2.45) is 0 Å². The largest absolute Gasteiger partial charge is 0.324 e. The van der Waals surface area contributed by atoms with Crippen LogP contribution in [0.1, 0.15) is 44.1 Å². The number of carbonyl (C=O) groups excluding carboxylic acids is 3. The van der Waals surface area contributed by atoms with Gasteiger partial charge in [0, 0.05) is 18.7 Å². The van der Waals surface area contributed by atoms with E-state index in [1.165, 1.54) is 0 Å². The summed E-state index contributed by atoms with van der Waals surface area (Å²) in [6.45, 7) is 5.69. The SMILES string of the molecule is Cc1cc(C)c(NC(=O)CCN2C(=O)c3ccccc3C2=O)c(C)n1. The second-order valence-electron chi connectivity index (χ2n) is 6.15. The van der Waals surface area contributed by atoms with E-state index in [1.807, 2.05) is 26.8 Å². The molecule has 2 heterocycles. The standard InChI is InChI=1S/C19H19N3O3/c1-11-10-12(2)20-13(3)17(11)21-16(23)8-9-22-18(24)14-6-4-5-7-15(14)19(22)25/h4-7,10H,8-9H2,1-3H3,(H,21,23). The summed E-state index contributed by atoms with van der Waals surface area (Å²) in [5.74, 6) is -0.955. The van der Waals surface area contributed by atoms with Crippen molar-refractivity contribution < 1.29 is 14.4 Å². The number of hydrogen-bond acceptors (Lipinski definition) is 4. The van der Waals surface area contributed by atoms with E-state index >= 15 is 0 Å². The lowest BCUT2D eigenvalue weighted by atomic mass is 10.1. The van der Waals surface area contributed by atoms with Crippen molar-refractivity contribution in [1.29, 1.82) is 0 Å². The summed E-state index contributed by atoms with van der Waals surface area (Å²) >= 11 is 0. The highest BCUT2D eigenvalue weighted by Gasteiger charge is 2.34. The summed E-state index contributed by atoms with van der Waals surface area (Å²) < 4.78 is 0. The molecule has 128 valence electrons. The summed E-state index contributed by atoms with van der Waals surface area (Å²) in [5.41, 5.74) is 4.02. The molecule has 2 aromatic rings. The van der Waals surface area contributed by atoms with Gasteiger partial charge in [0.1, 0.15) is 0 Å². The molecule has 1 aromatic carbocycles. The molecule has 0 fully saturated rings. The monoisotopic (exact) mass is 337 g/mol. The number of benzene rings is 1. The van der Waals surface area contributed by atoms with Crippen LogP contribution < -0.4 is 5.32 Å². The maximum Gasteiger partial charge on any atom is 0.261 e. The van der Waals surface area contributed by atoms with Crippen LogP contribution >= 0.6 is 0 Å². The normalized spacial score (nSPS) is 13.2. The molecule has 0 bridgehead atoms. The van der Waals surface area contributed by atoms with Gasteiger partial charge >= 0.3 is 0 Å². The van der Waals surface area contributed by atoms with Crippen molar-refractivity contribution in [2.75, 3.05) is 11.9 Å². The Morgan fingerprint density at radius 3 is 2.24 bits per heavy atom. The second kappa shape index (κ2) is 6.47. The molecule has 6 nitrogen and oxygen atoms in total. The molecule has 25 heavy (non-hydrogen) atoms. The lowest BCUT2D eigenvalue weighted by molar-refractivity contribution is -0.116. The molecule has 1 aliphatic rings. The lowest BCUT2D eigenvalue weighted by Gasteiger charge is -2.15. The summed E-state index contributed by atoms with van der Waals surface area (Å²) in [5, 5.41) is 2.83. The first-order chi connectivity index (χ1) is 11.9. The molecule has 0 unspecified atom stereocenters. The molecule has 0 saturated heterocycles. The predicted molar refractivity (Wildman–Crippen MR) is 93.5 cm³/mol. The van der Waals surface area contributed by atoms with E-state index in [4.69, 9.17) is 0 Å². The van der Waals surface area contributed by atoms with Crippen LogP contribution in [0, 0.1) is 20.8 Å². The van der Waals surface area contributed by atoms with Gasteiger partial charge in [0.15, 0.2) is 0 Å². The third-order valence-electron chi connectivity index (χ3n) is 4.23. The van der Waals surface area contributed by atoms with Gasteiger partial charge in [-0.2, -0.15) is 0 Å². The van der Waals surface area contributed by atoms with Gasteiger partial charge in [-0.3, -0.25) is 24.3 Å². The molecule has 0 radical (unpaired) electrons. The number of nitrogens with zero attached hydrogens (tertiary/aromatic N) is 2. The Kier molecular flexibility index (Phi) is 4.35. The van der Waals surface area contributed by atoms with Crippen LogP contribution in [0.4, 0.5) is 5.69 Å². The zero-order chi connectivity index (χ0) is 18.1. The fourth-order valence-corrected chi connectivity index (χ4v) is 3.07. The predicted octanol–water partition coefficient (Wildman–Crippen LogP) is 2.63. The fourth-order valence-electron chi connectivity index (χ4n) is 3.07. The Hall–Kier alpha value is -3.02. The van der Waals surface area contributed by atoms with Crippen LogP contribution in [0.5, 0.6) is 0 Å². The number of carbonyl (C=O) groups is 3. The van der Waals surface area contributed by atoms with E-state index in [-0.39, 0.29) is 30.7 Å². The quantitative estimate of drug-likeness (QED) is 0.870. The minimum absolute atomic E-state index is 0.0399. The first kappa shape index (κ1) is 16.8. The van der Waals surface area contributed by atoms with E-state index in [1.54, 1.807) is 24.3 Å².